The molecule has 1 aromatic rings. The van der Waals surface area contributed by atoms with E-state index in [-0.39, 0.29) is 12.1 Å². The summed E-state index contributed by atoms with van der Waals surface area (Å²) in [5.41, 5.74) is 9.58. The van der Waals surface area contributed by atoms with Crippen LogP contribution in [0.5, 0.6) is 0 Å². The Balaban J connectivity index is 2.30. The predicted octanol–water partition coefficient (Wildman–Crippen LogP) is 1.24. The molecular weight excluding hydrogens is 224 g/mol. The number of hydrogen-bond acceptors (Lipinski definition) is 4. The van der Waals surface area contributed by atoms with Crippen molar-refractivity contribution in [3.8, 4) is 6.07 Å². The van der Waals surface area contributed by atoms with Crippen molar-refractivity contribution < 1.29 is 0 Å². The minimum atomic E-state index is -0.548. The normalized spacial score (nSPS) is 33.8. The van der Waals surface area contributed by atoms with Crippen molar-refractivity contribution in [2.45, 2.75) is 31.0 Å². The summed E-state index contributed by atoms with van der Waals surface area (Å²) in [6.45, 7) is 3.00. The van der Waals surface area contributed by atoms with Crippen LogP contribution in [0, 0.1) is 11.3 Å². The van der Waals surface area contributed by atoms with Gasteiger partial charge >= 0.3 is 0 Å². The van der Waals surface area contributed by atoms with Crippen molar-refractivity contribution >= 4 is 5.69 Å². The molecule has 3 N–H and O–H groups in total. The lowest BCUT2D eigenvalue weighted by atomic mass is 9.81. The van der Waals surface area contributed by atoms with E-state index in [1.807, 2.05) is 18.0 Å². The number of nitrogens with one attached hydrogen (secondary N) is 1. The molecule has 0 aromatic heterocycles. The molecule has 0 fully saturated rings. The average molecular weight is 242 g/mol. The molecule has 4 nitrogen and oxygen atoms in total. The Morgan fingerprint density at radius 3 is 3.06 bits per heavy atom. The summed E-state index contributed by atoms with van der Waals surface area (Å²) in [5, 5.41) is 12.9. The van der Waals surface area contributed by atoms with Crippen LogP contribution < -0.4 is 16.0 Å². The van der Waals surface area contributed by atoms with Crippen molar-refractivity contribution in [2.75, 3.05) is 18.5 Å². The zero-order valence-corrected chi connectivity index (χ0v) is 10.8. The molecule has 18 heavy (non-hydrogen) atoms. The molecular formula is C14H18N4. The van der Waals surface area contributed by atoms with Crippen LogP contribution >= 0.6 is 0 Å². The first-order valence-electron chi connectivity index (χ1n) is 6.37. The molecule has 0 radical (unpaired) electrons. The zero-order chi connectivity index (χ0) is 12.9. The first-order valence-corrected chi connectivity index (χ1v) is 6.37. The molecule has 1 aromatic carbocycles. The fourth-order valence-corrected chi connectivity index (χ4v) is 3.41. The second-order valence-electron chi connectivity index (χ2n) is 5.35. The van der Waals surface area contributed by atoms with E-state index in [1.165, 1.54) is 5.56 Å². The first kappa shape index (κ1) is 11.5. The van der Waals surface area contributed by atoms with E-state index in [2.05, 4.69) is 30.4 Å². The van der Waals surface area contributed by atoms with Crippen LogP contribution in [0.1, 0.15) is 30.5 Å². The van der Waals surface area contributed by atoms with Crippen molar-refractivity contribution in [3.05, 3.63) is 29.3 Å². The Kier molecular flexibility index (Phi) is 2.37. The fraction of sp³-hybridized carbons (Fsp3) is 0.500. The standard InChI is InChI=1S/C14H18N4/c1-9-10-4-3-5-11-13(10)14(16,6-7-17-9)12(8-15)18(11)2/h3-5,9,12,17H,6-7,16H2,1-2H3/t9-,12-,14-/m1/s1. The summed E-state index contributed by atoms with van der Waals surface area (Å²) in [6.07, 6.45) is 0.796. The summed E-state index contributed by atoms with van der Waals surface area (Å²) < 4.78 is 0. The number of hydrogen-bond donors (Lipinski definition) is 2. The van der Waals surface area contributed by atoms with Crippen LogP contribution in [-0.2, 0) is 5.54 Å². The van der Waals surface area contributed by atoms with Crippen LogP contribution in [0.4, 0.5) is 5.69 Å². The maximum atomic E-state index is 9.46. The molecule has 0 aliphatic carbocycles. The maximum absolute atomic E-state index is 9.46. The number of nitrogens with zero attached hydrogens (tertiary/aromatic N) is 2. The minimum Gasteiger partial charge on any atom is -0.357 e. The summed E-state index contributed by atoms with van der Waals surface area (Å²) in [6, 6.07) is 8.63. The highest BCUT2D eigenvalue weighted by Gasteiger charge is 2.49. The predicted molar refractivity (Wildman–Crippen MR) is 71.1 cm³/mol. The molecule has 94 valence electrons. The van der Waals surface area contributed by atoms with Crippen molar-refractivity contribution in [1.82, 2.24) is 5.32 Å². The summed E-state index contributed by atoms with van der Waals surface area (Å²) >= 11 is 0. The molecule has 3 rings (SSSR count). The van der Waals surface area contributed by atoms with Gasteiger partial charge in [-0.15, -0.1) is 0 Å². The van der Waals surface area contributed by atoms with Crippen molar-refractivity contribution in [1.29, 1.82) is 5.26 Å². The van der Waals surface area contributed by atoms with Crippen molar-refractivity contribution in [2.24, 2.45) is 5.73 Å². The van der Waals surface area contributed by atoms with Crippen LogP contribution in [0.3, 0.4) is 0 Å². The molecule has 2 aliphatic rings. The Bertz CT molecular complexity index is 533. The van der Waals surface area contributed by atoms with Gasteiger partial charge in [-0.1, -0.05) is 12.1 Å². The van der Waals surface area contributed by atoms with Gasteiger partial charge in [0, 0.05) is 24.3 Å². The van der Waals surface area contributed by atoms with Crippen LogP contribution in [-0.4, -0.2) is 19.6 Å². The Morgan fingerprint density at radius 2 is 2.33 bits per heavy atom. The number of nitrogens with two attached hydrogens (primary N) is 1. The van der Waals surface area contributed by atoms with E-state index in [0.717, 1.165) is 24.2 Å². The summed E-state index contributed by atoms with van der Waals surface area (Å²) in [5.74, 6) is 0. The molecule has 2 heterocycles. The molecule has 0 saturated carbocycles. The van der Waals surface area contributed by atoms with Gasteiger partial charge in [-0.25, -0.2) is 0 Å². The van der Waals surface area contributed by atoms with Gasteiger partial charge in [0.05, 0.1) is 11.6 Å². The topological polar surface area (TPSA) is 65.1 Å². The Hall–Kier alpha value is -1.57. The first-order chi connectivity index (χ1) is 8.59. The quantitative estimate of drug-likeness (QED) is 0.718. The van der Waals surface area contributed by atoms with E-state index < -0.39 is 5.54 Å². The molecule has 0 amide bonds. The smallest absolute Gasteiger partial charge is 0.139 e. The SMILES string of the molecule is C[C@H]1NCC[C@]2(N)c3c1cccc3N(C)[C@@H]2C#N. The highest BCUT2D eigenvalue weighted by molar-refractivity contribution is 5.68. The van der Waals surface area contributed by atoms with Gasteiger partial charge in [0.1, 0.15) is 6.04 Å². The van der Waals surface area contributed by atoms with Crippen LogP contribution in [0.2, 0.25) is 0 Å². The largest absolute Gasteiger partial charge is 0.357 e. The van der Waals surface area contributed by atoms with Gasteiger partial charge in [0.15, 0.2) is 0 Å². The minimum absolute atomic E-state index is 0.277. The van der Waals surface area contributed by atoms with Crippen LogP contribution in [0.15, 0.2) is 18.2 Å². The van der Waals surface area contributed by atoms with Gasteiger partial charge in [-0.3, -0.25) is 0 Å². The highest BCUT2D eigenvalue weighted by atomic mass is 15.2. The summed E-state index contributed by atoms with van der Waals surface area (Å²) in [4.78, 5) is 2.02. The van der Waals surface area contributed by atoms with Gasteiger partial charge in [-0.05, 0) is 31.5 Å². The second kappa shape index (κ2) is 3.71. The molecule has 0 saturated heterocycles. The number of nitriles is 1. The second-order valence-corrected chi connectivity index (χ2v) is 5.35. The Labute approximate surface area is 107 Å². The number of benzene rings is 1. The number of rotatable bonds is 0. The third-order valence-electron chi connectivity index (χ3n) is 4.37. The van der Waals surface area contributed by atoms with Crippen LogP contribution in [0.25, 0.3) is 0 Å². The van der Waals surface area contributed by atoms with E-state index in [0.29, 0.717) is 0 Å². The molecule has 0 spiro atoms. The van der Waals surface area contributed by atoms with Crippen molar-refractivity contribution in [3.63, 3.8) is 0 Å². The zero-order valence-electron chi connectivity index (χ0n) is 10.8. The third kappa shape index (κ3) is 1.26. The van der Waals surface area contributed by atoms with Gasteiger partial charge in [-0.2, -0.15) is 5.26 Å². The molecule has 2 aliphatic heterocycles. The lowest BCUT2D eigenvalue weighted by Gasteiger charge is -2.29. The maximum Gasteiger partial charge on any atom is 0.139 e. The van der Waals surface area contributed by atoms with E-state index in [4.69, 9.17) is 5.73 Å². The lowest BCUT2D eigenvalue weighted by Crippen LogP contribution is -2.50. The van der Waals surface area contributed by atoms with E-state index >= 15 is 0 Å². The van der Waals surface area contributed by atoms with Gasteiger partial charge in [0.25, 0.3) is 0 Å². The fourth-order valence-electron chi connectivity index (χ4n) is 3.41. The van der Waals surface area contributed by atoms with E-state index in [1.54, 1.807) is 0 Å². The summed E-state index contributed by atoms with van der Waals surface area (Å²) in [7, 11) is 1.96. The van der Waals surface area contributed by atoms with E-state index in [9.17, 15) is 5.26 Å². The van der Waals surface area contributed by atoms with Gasteiger partial charge in [0.2, 0.25) is 0 Å². The molecule has 3 atom stereocenters. The molecule has 0 unspecified atom stereocenters. The number of likely N-dealkylation sites (N-methyl/N-ethyl adjacent to an activating group) is 1. The number of anilines is 1. The Morgan fingerprint density at radius 1 is 1.56 bits per heavy atom. The molecule has 4 heteroatoms. The third-order valence-corrected chi connectivity index (χ3v) is 4.37. The lowest BCUT2D eigenvalue weighted by molar-refractivity contribution is 0.389. The van der Waals surface area contributed by atoms with Gasteiger partial charge < -0.3 is 16.0 Å². The average Bonchev–Trinajstić information content (AvgIpc) is 2.48. The highest BCUT2D eigenvalue weighted by Crippen LogP contribution is 2.47. The monoisotopic (exact) mass is 242 g/mol. The molecule has 0 bridgehead atoms.